The first-order chi connectivity index (χ1) is 17.5. The van der Waals surface area contributed by atoms with Crippen LogP contribution in [0, 0.1) is 0 Å². The van der Waals surface area contributed by atoms with Crippen LogP contribution < -0.4 is 0 Å². The average Bonchev–Trinajstić information content (AvgIpc) is 2.87. The molecule has 0 aliphatic carbocycles. The highest BCUT2D eigenvalue weighted by atomic mass is 32.2. The topological polar surface area (TPSA) is 63.6 Å². The van der Waals surface area contributed by atoms with Gasteiger partial charge in [0.15, 0.2) is 0 Å². The van der Waals surface area contributed by atoms with Crippen LogP contribution in [0.4, 0.5) is 0 Å². The molecule has 2 rings (SSSR count). The first kappa shape index (κ1) is 30.7. The number of unbranched alkanes of at least 4 members (excludes halogenated alkanes) is 15. The molecule has 0 atom stereocenters. The van der Waals surface area contributed by atoms with Crippen LogP contribution in [0.1, 0.15) is 110 Å². The van der Waals surface area contributed by atoms with Crippen molar-refractivity contribution in [3.8, 4) is 5.75 Å². The summed E-state index contributed by atoms with van der Waals surface area (Å²) in [5, 5.41) is 9.37. The molecule has 0 heterocycles. The monoisotopic (exact) mass is 534 g/mol. The third-order valence-electron chi connectivity index (χ3n) is 6.42. The number of benzene rings is 2. The molecule has 0 saturated carbocycles. The van der Waals surface area contributed by atoms with Crippen LogP contribution in [-0.2, 0) is 14.3 Å². The van der Waals surface area contributed by atoms with Gasteiger partial charge in [-0.1, -0.05) is 115 Å². The maximum Gasteiger partial charge on any atom is 0.296 e. The summed E-state index contributed by atoms with van der Waals surface area (Å²) >= 11 is 1.51. The van der Waals surface area contributed by atoms with Gasteiger partial charge in [0.2, 0.25) is 0 Å². The van der Waals surface area contributed by atoms with Crippen molar-refractivity contribution in [2.45, 2.75) is 124 Å². The maximum absolute atomic E-state index is 12.4. The van der Waals surface area contributed by atoms with Gasteiger partial charge in [0.1, 0.15) is 5.75 Å². The zero-order valence-corrected chi connectivity index (χ0v) is 23.8. The Kier molecular flexibility index (Phi) is 16.0. The number of rotatable bonds is 21. The summed E-state index contributed by atoms with van der Waals surface area (Å²) in [7, 11) is -3.72. The van der Waals surface area contributed by atoms with Crippen molar-refractivity contribution in [2.75, 3.05) is 6.61 Å². The second-order valence-electron chi connectivity index (χ2n) is 9.65. The average molecular weight is 535 g/mol. The minimum absolute atomic E-state index is 0.189. The predicted octanol–water partition coefficient (Wildman–Crippen LogP) is 9.51. The van der Waals surface area contributed by atoms with Crippen molar-refractivity contribution in [3.63, 3.8) is 0 Å². The summed E-state index contributed by atoms with van der Waals surface area (Å²) in [6, 6.07) is 13.7. The van der Waals surface area contributed by atoms with E-state index in [1.54, 1.807) is 36.4 Å². The van der Waals surface area contributed by atoms with Gasteiger partial charge in [-0.25, -0.2) is 0 Å². The molecule has 0 bridgehead atoms. The fraction of sp³-hybridized carbons (Fsp3) is 0.600. The lowest BCUT2D eigenvalue weighted by Crippen LogP contribution is -2.07. The van der Waals surface area contributed by atoms with Gasteiger partial charge in [-0.3, -0.25) is 4.18 Å². The Labute approximate surface area is 224 Å². The Balaban J connectivity index is 1.46. The van der Waals surface area contributed by atoms with E-state index in [9.17, 15) is 13.5 Å². The Morgan fingerprint density at radius 3 is 1.44 bits per heavy atom. The van der Waals surface area contributed by atoms with Gasteiger partial charge in [0.25, 0.3) is 10.1 Å². The molecule has 0 aromatic heterocycles. The second-order valence-corrected chi connectivity index (χ2v) is 12.4. The molecule has 0 radical (unpaired) electrons. The summed E-state index contributed by atoms with van der Waals surface area (Å²) in [6.45, 7) is 2.51. The SMILES string of the molecule is CCCCCCCCCCCCCCCCCCOS(=O)(=O)c1ccc(Sc2ccc(O)cc2)cc1. The van der Waals surface area contributed by atoms with E-state index in [2.05, 4.69) is 6.92 Å². The lowest BCUT2D eigenvalue weighted by Gasteiger charge is -2.07. The van der Waals surface area contributed by atoms with Crippen molar-refractivity contribution < 1.29 is 17.7 Å². The minimum atomic E-state index is -3.72. The van der Waals surface area contributed by atoms with E-state index < -0.39 is 10.1 Å². The molecule has 0 aliphatic rings. The lowest BCUT2D eigenvalue weighted by molar-refractivity contribution is 0.306. The van der Waals surface area contributed by atoms with Gasteiger partial charge < -0.3 is 5.11 Å². The summed E-state index contributed by atoms with van der Waals surface area (Å²) in [5.41, 5.74) is 0. The molecular formula is C30H46O4S2. The van der Waals surface area contributed by atoms with E-state index in [0.29, 0.717) is 0 Å². The van der Waals surface area contributed by atoms with Gasteiger partial charge in [0, 0.05) is 9.79 Å². The Morgan fingerprint density at radius 1 is 0.611 bits per heavy atom. The molecule has 202 valence electrons. The van der Waals surface area contributed by atoms with Gasteiger partial charge in [-0.15, -0.1) is 0 Å². The molecule has 0 saturated heterocycles. The second kappa shape index (κ2) is 18.7. The molecular weight excluding hydrogens is 488 g/mol. The van der Waals surface area contributed by atoms with Crippen LogP contribution in [0.5, 0.6) is 5.75 Å². The molecule has 0 fully saturated rings. The molecule has 0 unspecified atom stereocenters. The van der Waals surface area contributed by atoms with Crippen molar-refractivity contribution in [1.82, 2.24) is 0 Å². The quantitative estimate of drug-likeness (QED) is 0.128. The van der Waals surface area contributed by atoms with Crippen molar-refractivity contribution in [3.05, 3.63) is 48.5 Å². The normalized spacial score (nSPS) is 11.7. The first-order valence-corrected chi connectivity index (χ1v) is 16.2. The maximum atomic E-state index is 12.4. The van der Waals surface area contributed by atoms with Crippen molar-refractivity contribution in [2.24, 2.45) is 0 Å². The molecule has 0 aliphatic heterocycles. The van der Waals surface area contributed by atoms with Crippen LogP contribution in [0.15, 0.2) is 63.2 Å². The summed E-state index contributed by atoms with van der Waals surface area (Å²) in [4.78, 5) is 2.09. The molecule has 0 spiro atoms. The van der Waals surface area contributed by atoms with Crippen LogP contribution in [-0.4, -0.2) is 20.1 Å². The third kappa shape index (κ3) is 13.7. The molecule has 4 nitrogen and oxygen atoms in total. The smallest absolute Gasteiger partial charge is 0.296 e. The van der Waals surface area contributed by atoms with E-state index in [-0.39, 0.29) is 17.3 Å². The fourth-order valence-electron chi connectivity index (χ4n) is 4.21. The van der Waals surface area contributed by atoms with Gasteiger partial charge >= 0.3 is 0 Å². The summed E-state index contributed by atoms with van der Waals surface area (Å²) < 4.78 is 30.1. The van der Waals surface area contributed by atoms with Crippen molar-refractivity contribution in [1.29, 1.82) is 0 Å². The predicted molar refractivity (Wildman–Crippen MR) is 151 cm³/mol. The zero-order valence-electron chi connectivity index (χ0n) is 22.1. The van der Waals surface area contributed by atoms with Gasteiger partial charge in [0.05, 0.1) is 11.5 Å². The van der Waals surface area contributed by atoms with Crippen LogP contribution in [0.25, 0.3) is 0 Å². The summed E-state index contributed by atoms with van der Waals surface area (Å²) in [5.74, 6) is 0.224. The molecule has 6 heteroatoms. The van der Waals surface area contributed by atoms with E-state index in [1.165, 1.54) is 95.2 Å². The third-order valence-corrected chi connectivity index (χ3v) is 8.76. The molecule has 2 aromatic carbocycles. The van der Waals surface area contributed by atoms with Crippen LogP contribution in [0.3, 0.4) is 0 Å². The highest BCUT2D eigenvalue weighted by molar-refractivity contribution is 7.99. The van der Waals surface area contributed by atoms with Gasteiger partial charge in [-0.2, -0.15) is 8.42 Å². The number of hydrogen-bond donors (Lipinski definition) is 1. The fourth-order valence-corrected chi connectivity index (χ4v) is 5.97. The zero-order chi connectivity index (χ0) is 25.9. The van der Waals surface area contributed by atoms with Crippen LogP contribution in [0.2, 0.25) is 0 Å². The summed E-state index contributed by atoms with van der Waals surface area (Å²) in [6.07, 6.45) is 20.6. The lowest BCUT2D eigenvalue weighted by atomic mass is 10.0. The largest absolute Gasteiger partial charge is 0.508 e. The number of phenols is 1. The Hall–Kier alpha value is -1.50. The van der Waals surface area contributed by atoms with Crippen molar-refractivity contribution >= 4 is 21.9 Å². The molecule has 0 amide bonds. The Bertz CT molecular complexity index is 909. The first-order valence-electron chi connectivity index (χ1n) is 14.0. The molecule has 1 N–H and O–H groups in total. The van der Waals surface area contributed by atoms with E-state index >= 15 is 0 Å². The van der Waals surface area contributed by atoms with Crippen LogP contribution >= 0.6 is 11.8 Å². The molecule has 2 aromatic rings. The van der Waals surface area contributed by atoms with E-state index in [1.807, 2.05) is 12.1 Å². The highest BCUT2D eigenvalue weighted by Gasteiger charge is 2.14. The van der Waals surface area contributed by atoms with E-state index in [4.69, 9.17) is 4.18 Å². The van der Waals surface area contributed by atoms with Gasteiger partial charge in [-0.05, 0) is 55.0 Å². The number of hydrogen-bond acceptors (Lipinski definition) is 5. The number of phenolic OH excluding ortho intramolecular Hbond substituents is 1. The highest BCUT2D eigenvalue weighted by Crippen LogP contribution is 2.29. The molecule has 36 heavy (non-hydrogen) atoms. The number of aromatic hydroxyl groups is 1. The standard InChI is InChI=1S/C30H46O4S2/c1-2-3-4-5-6-7-8-9-10-11-12-13-14-15-16-17-26-34-36(32,33)30-24-22-29(23-25-30)35-28-20-18-27(31)19-21-28/h18-25,31H,2-17,26H2,1H3. The Morgan fingerprint density at radius 2 is 1.00 bits per heavy atom. The minimum Gasteiger partial charge on any atom is -0.508 e. The van der Waals surface area contributed by atoms with E-state index in [0.717, 1.165) is 29.1 Å².